The Bertz CT molecular complexity index is 1110. The highest BCUT2D eigenvalue weighted by molar-refractivity contribution is 7.89. The van der Waals surface area contributed by atoms with E-state index in [1.54, 1.807) is 18.2 Å². The Labute approximate surface area is 197 Å². The monoisotopic (exact) mass is 494 g/mol. The van der Waals surface area contributed by atoms with Crippen LogP contribution in [0.1, 0.15) is 17.9 Å². The summed E-state index contributed by atoms with van der Waals surface area (Å²) in [4.78, 5) is 11.8. The van der Waals surface area contributed by atoms with E-state index in [4.69, 9.17) is 19.9 Å². The molecule has 0 spiro atoms. The molecule has 1 aliphatic heterocycles. The van der Waals surface area contributed by atoms with E-state index in [1.165, 1.54) is 43.5 Å². The Morgan fingerprint density at radius 3 is 2.44 bits per heavy atom. The summed E-state index contributed by atoms with van der Waals surface area (Å²) >= 11 is 0. The summed E-state index contributed by atoms with van der Waals surface area (Å²) in [5.41, 5.74) is 6.13. The first kappa shape index (κ1) is 25.6. The van der Waals surface area contributed by atoms with Gasteiger partial charge in [0.1, 0.15) is 11.6 Å². The average Bonchev–Trinajstić information content (AvgIpc) is 2.83. The fourth-order valence-electron chi connectivity index (χ4n) is 3.52. The highest BCUT2D eigenvalue weighted by atomic mass is 32.2. The van der Waals surface area contributed by atoms with E-state index in [2.05, 4.69) is 0 Å². The molecule has 3 N–H and O–H groups in total. The number of ether oxygens (including phenoxy) is 3. The Morgan fingerprint density at radius 1 is 1.18 bits per heavy atom. The molecule has 0 bridgehead atoms. The molecule has 0 aromatic heterocycles. The van der Waals surface area contributed by atoms with Gasteiger partial charge in [0.2, 0.25) is 16.3 Å². The van der Waals surface area contributed by atoms with Gasteiger partial charge in [-0.3, -0.25) is 4.79 Å². The zero-order valence-electron chi connectivity index (χ0n) is 18.6. The minimum Gasteiger partial charge on any atom is -0.497 e. The number of sulfonamides is 1. The fraction of sp³-hybridized carbons (Fsp3) is 0.348. The molecular formula is C23H27FN2O7S. The largest absolute Gasteiger partial charge is 0.497 e. The number of aliphatic hydroxyl groups is 1. The lowest BCUT2D eigenvalue weighted by atomic mass is 9.93. The van der Waals surface area contributed by atoms with E-state index in [0.29, 0.717) is 12.2 Å². The molecule has 34 heavy (non-hydrogen) atoms. The van der Waals surface area contributed by atoms with Crippen molar-refractivity contribution in [1.82, 2.24) is 4.31 Å². The van der Waals surface area contributed by atoms with Crippen molar-refractivity contribution < 1.29 is 36.9 Å². The van der Waals surface area contributed by atoms with Gasteiger partial charge in [-0.25, -0.2) is 12.8 Å². The first-order chi connectivity index (χ1) is 16.2. The molecule has 11 heteroatoms. The molecule has 2 aromatic carbocycles. The maximum Gasteiger partial charge on any atom is 0.283 e. The van der Waals surface area contributed by atoms with Crippen LogP contribution in [0.2, 0.25) is 0 Å². The molecule has 2 atom stereocenters. The number of benzene rings is 2. The van der Waals surface area contributed by atoms with Crippen molar-refractivity contribution in [2.75, 3.05) is 33.4 Å². The van der Waals surface area contributed by atoms with Gasteiger partial charge in [-0.1, -0.05) is 12.1 Å². The zero-order valence-corrected chi connectivity index (χ0v) is 19.4. The van der Waals surface area contributed by atoms with Crippen LogP contribution in [0.25, 0.3) is 0 Å². The third kappa shape index (κ3) is 6.32. The number of primary amides is 1. The van der Waals surface area contributed by atoms with Crippen LogP contribution in [0.3, 0.4) is 0 Å². The van der Waals surface area contributed by atoms with Gasteiger partial charge in [-0.2, -0.15) is 4.31 Å². The summed E-state index contributed by atoms with van der Waals surface area (Å²) in [7, 11) is -2.42. The Hall–Kier alpha value is -2.99. The number of methoxy groups -OCH3 is 1. The SMILES string of the molecule is COc1ccc(S(=O)(=O)N(CCO)CCO[C@@H]2C[C@H](c3ccc(F)cc3)C=C(C(N)=O)O2)cc1. The third-order valence-electron chi connectivity index (χ3n) is 5.29. The maximum absolute atomic E-state index is 13.3. The molecule has 0 saturated heterocycles. The van der Waals surface area contributed by atoms with Crippen LogP contribution in [0, 0.1) is 5.82 Å². The van der Waals surface area contributed by atoms with E-state index < -0.39 is 22.2 Å². The van der Waals surface area contributed by atoms with Crippen LogP contribution in [0.5, 0.6) is 5.75 Å². The minimum absolute atomic E-state index is 0.0472. The minimum atomic E-state index is -3.90. The molecule has 1 aliphatic rings. The Morgan fingerprint density at radius 2 is 1.85 bits per heavy atom. The van der Waals surface area contributed by atoms with E-state index >= 15 is 0 Å². The third-order valence-corrected chi connectivity index (χ3v) is 7.20. The zero-order chi connectivity index (χ0) is 24.7. The molecule has 1 heterocycles. The summed E-state index contributed by atoms with van der Waals surface area (Å²) < 4.78 is 56.7. The lowest BCUT2D eigenvalue weighted by molar-refractivity contribution is -0.144. The predicted octanol–water partition coefficient (Wildman–Crippen LogP) is 1.73. The molecule has 0 fully saturated rings. The van der Waals surface area contributed by atoms with E-state index in [1.807, 2.05) is 0 Å². The van der Waals surface area contributed by atoms with Crippen molar-refractivity contribution in [3.63, 3.8) is 0 Å². The van der Waals surface area contributed by atoms with Gasteiger partial charge in [0, 0.05) is 25.4 Å². The number of aliphatic hydroxyl groups excluding tert-OH is 1. The highest BCUT2D eigenvalue weighted by Gasteiger charge is 2.29. The molecule has 0 radical (unpaired) electrons. The van der Waals surface area contributed by atoms with E-state index in [-0.39, 0.29) is 48.7 Å². The number of halogens is 1. The number of hydrogen-bond acceptors (Lipinski definition) is 7. The standard InChI is InChI=1S/C23H27FN2O7S/c1-31-19-6-8-20(9-7-19)34(29,30)26(10-12-27)11-13-32-22-15-17(14-21(33-22)23(25)28)16-2-4-18(24)5-3-16/h2-9,14,17,22,27H,10-13,15H2,1H3,(H2,25,28)/t17-,22+/m1/s1. The number of amides is 1. The van der Waals surface area contributed by atoms with Crippen LogP contribution in [0.15, 0.2) is 65.3 Å². The number of allylic oxidation sites excluding steroid dienone is 1. The van der Waals surface area contributed by atoms with Crippen molar-refractivity contribution >= 4 is 15.9 Å². The van der Waals surface area contributed by atoms with Gasteiger partial charge < -0.3 is 25.1 Å². The number of nitrogens with zero attached hydrogens (tertiary/aromatic N) is 1. The summed E-state index contributed by atoms with van der Waals surface area (Å²) in [6.45, 7) is -0.641. The Kier molecular flexibility index (Phi) is 8.61. The number of carbonyl (C=O) groups is 1. The summed E-state index contributed by atoms with van der Waals surface area (Å²) in [6.07, 6.45) is 0.997. The van der Waals surface area contributed by atoms with Gasteiger partial charge in [0.25, 0.3) is 5.91 Å². The van der Waals surface area contributed by atoms with Crippen LogP contribution in [0.4, 0.5) is 4.39 Å². The number of hydrogen-bond donors (Lipinski definition) is 2. The highest BCUT2D eigenvalue weighted by Crippen LogP contribution is 2.31. The van der Waals surface area contributed by atoms with Crippen LogP contribution < -0.4 is 10.5 Å². The topological polar surface area (TPSA) is 128 Å². The normalized spacial score (nSPS) is 18.3. The molecule has 0 aliphatic carbocycles. The number of nitrogens with two attached hydrogens (primary N) is 1. The van der Waals surface area contributed by atoms with Crippen LogP contribution in [-0.4, -0.2) is 63.4 Å². The van der Waals surface area contributed by atoms with Crippen LogP contribution >= 0.6 is 0 Å². The lowest BCUT2D eigenvalue weighted by Gasteiger charge is -2.29. The molecule has 0 unspecified atom stereocenters. The molecule has 3 rings (SSSR count). The van der Waals surface area contributed by atoms with Crippen molar-refractivity contribution in [2.24, 2.45) is 5.73 Å². The lowest BCUT2D eigenvalue weighted by Crippen LogP contribution is -2.38. The van der Waals surface area contributed by atoms with Gasteiger partial charge in [-0.15, -0.1) is 0 Å². The van der Waals surface area contributed by atoms with Crippen molar-refractivity contribution in [3.05, 3.63) is 71.7 Å². The number of carbonyl (C=O) groups excluding carboxylic acids is 1. The summed E-state index contributed by atoms with van der Waals surface area (Å²) in [6, 6.07) is 11.7. The van der Waals surface area contributed by atoms with Crippen molar-refractivity contribution in [1.29, 1.82) is 0 Å². The molecule has 2 aromatic rings. The quantitative estimate of drug-likeness (QED) is 0.487. The van der Waals surface area contributed by atoms with Gasteiger partial charge in [0.05, 0.1) is 25.2 Å². The van der Waals surface area contributed by atoms with Crippen molar-refractivity contribution in [3.8, 4) is 5.75 Å². The molecular weight excluding hydrogens is 467 g/mol. The molecule has 0 saturated carbocycles. The summed E-state index contributed by atoms with van der Waals surface area (Å²) in [5.74, 6) is -1.03. The summed E-state index contributed by atoms with van der Waals surface area (Å²) in [5, 5.41) is 9.38. The second-order valence-electron chi connectivity index (χ2n) is 7.51. The maximum atomic E-state index is 13.3. The molecule has 184 valence electrons. The fourth-order valence-corrected chi connectivity index (χ4v) is 4.93. The second-order valence-corrected chi connectivity index (χ2v) is 9.45. The van der Waals surface area contributed by atoms with Crippen molar-refractivity contribution in [2.45, 2.75) is 23.5 Å². The smallest absolute Gasteiger partial charge is 0.283 e. The molecule has 1 amide bonds. The Balaban J connectivity index is 1.67. The van der Waals surface area contributed by atoms with Gasteiger partial charge in [0.15, 0.2) is 5.76 Å². The molecule has 9 nitrogen and oxygen atoms in total. The van der Waals surface area contributed by atoms with E-state index in [9.17, 15) is 22.7 Å². The predicted molar refractivity (Wildman–Crippen MR) is 121 cm³/mol. The first-order valence-electron chi connectivity index (χ1n) is 10.5. The van der Waals surface area contributed by atoms with E-state index in [0.717, 1.165) is 9.87 Å². The van der Waals surface area contributed by atoms with Gasteiger partial charge in [-0.05, 0) is 48.0 Å². The van der Waals surface area contributed by atoms with Crippen LogP contribution in [-0.2, 0) is 24.3 Å². The number of rotatable bonds is 11. The first-order valence-corrected chi connectivity index (χ1v) is 12.0. The van der Waals surface area contributed by atoms with Gasteiger partial charge >= 0.3 is 0 Å². The average molecular weight is 495 g/mol. The second kappa shape index (κ2) is 11.4.